The minimum absolute atomic E-state index is 0.115. The first kappa shape index (κ1) is 23.3. The Bertz CT molecular complexity index is 1320. The summed E-state index contributed by atoms with van der Waals surface area (Å²) in [5, 5.41) is 3.68. The van der Waals surface area contributed by atoms with E-state index < -0.39 is 11.3 Å². The van der Waals surface area contributed by atoms with Gasteiger partial charge in [-0.1, -0.05) is 78.0 Å². The van der Waals surface area contributed by atoms with Gasteiger partial charge in [0.25, 0.3) is 5.91 Å². The summed E-state index contributed by atoms with van der Waals surface area (Å²) in [4.78, 5) is 37.4. The van der Waals surface area contributed by atoms with Crippen molar-refractivity contribution in [3.05, 3.63) is 101 Å². The van der Waals surface area contributed by atoms with Gasteiger partial charge in [0.05, 0.1) is 10.9 Å². The highest BCUT2D eigenvalue weighted by Crippen LogP contribution is 2.38. The molecule has 2 amide bonds. The standard InChI is InChI=1S/C27H23ClN4O2S/c1-17(25(33)29-16-15-18-11-13-20(28)14-12-18)35-27-30-22-10-6-5-9-21(22)24-31-23(26(34)32(24)27)19-7-3-2-4-8-19/h2-14,17,23H,15-16H2,1H3,(H,29,33)/t17-,23+/m1/s1. The molecule has 3 aromatic carbocycles. The van der Waals surface area contributed by atoms with Crippen molar-refractivity contribution in [3.63, 3.8) is 0 Å². The normalized spacial score (nSPS) is 17.3. The molecule has 0 saturated heterocycles. The Kier molecular flexibility index (Phi) is 6.70. The molecule has 0 unspecified atom stereocenters. The van der Waals surface area contributed by atoms with E-state index >= 15 is 0 Å². The number of rotatable bonds is 6. The molecule has 176 valence electrons. The second-order valence-corrected chi connectivity index (χ2v) is 10.0. The molecule has 6 nitrogen and oxygen atoms in total. The van der Waals surface area contributed by atoms with Crippen LogP contribution in [-0.4, -0.2) is 39.5 Å². The molecule has 0 aliphatic carbocycles. The minimum atomic E-state index is -0.633. The second kappa shape index (κ2) is 10.1. The van der Waals surface area contributed by atoms with E-state index in [2.05, 4.69) is 5.32 Å². The molecule has 0 radical (unpaired) electrons. The quantitative estimate of drug-likeness (QED) is 0.506. The largest absolute Gasteiger partial charge is 0.355 e. The van der Waals surface area contributed by atoms with Gasteiger partial charge in [-0.2, -0.15) is 0 Å². The van der Waals surface area contributed by atoms with E-state index in [9.17, 15) is 9.59 Å². The lowest BCUT2D eigenvalue weighted by Crippen LogP contribution is -2.42. The van der Waals surface area contributed by atoms with Crippen molar-refractivity contribution in [2.45, 2.75) is 24.6 Å². The van der Waals surface area contributed by atoms with Crippen molar-refractivity contribution in [2.24, 2.45) is 9.98 Å². The molecule has 2 atom stereocenters. The van der Waals surface area contributed by atoms with Crippen molar-refractivity contribution < 1.29 is 9.59 Å². The number of thioether (sulfide) groups is 1. The predicted molar refractivity (Wildman–Crippen MR) is 141 cm³/mol. The lowest BCUT2D eigenvalue weighted by atomic mass is 10.1. The van der Waals surface area contributed by atoms with Gasteiger partial charge in [-0.25, -0.2) is 14.9 Å². The van der Waals surface area contributed by atoms with Crippen LogP contribution in [0.3, 0.4) is 0 Å². The summed E-state index contributed by atoms with van der Waals surface area (Å²) < 4.78 is 0. The summed E-state index contributed by atoms with van der Waals surface area (Å²) in [6.45, 7) is 2.32. The number of carbonyl (C=O) groups is 2. The number of halogens is 1. The molecule has 35 heavy (non-hydrogen) atoms. The lowest BCUT2D eigenvalue weighted by Gasteiger charge is -2.26. The molecule has 0 bridgehead atoms. The Morgan fingerprint density at radius 2 is 1.77 bits per heavy atom. The van der Waals surface area contributed by atoms with Crippen LogP contribution in [0.25, 0.3) is 0 Å². The molecule has 0 saturated carbocycles. The Balaban J connectivity index is 1.32. The van der Waals surface area contributed by atoms with Crippen LogP contribution >= 0.6 is 23.4 Å². The van der Waals surface area contributed by atoms with Gasteiger partial charge >= 0.3 is 0 Å². The molecule has 1 N–H and O–H groups in total. The smallest absolute Gasteiger partial charge is 0.263 e. The number of amides is 2. The second-order valence-electron chi connectivity index (χ2n) is 8.28. The third-order valence-corrected chi connectivity index (χ3v) is 7.17. The van der Waals surface area contributed by atoms with Gasteiger partial charge in [-0.05, 0) is 48.7 Å². The number of benzene rings is 3. The van der Waals surface area contributed by atoms with Crippen LogP contribution in [-0.2, 0) is 16.0 Å². The van der Waals surface area contributed by atoms with Crippen molar-refractivity contribution >= 4 is 51.9 Å². The number of carbonyl (C=O) groups excluding carboxylic acids is 2. The number of amidine groups is 2. The van der Waals surface area contributed by atoms with Crippen molar-refractivity contribution in [1.82, 2.24) is 10.2 Å². The molecule has 5 rings (SSSR count). The molecule has 2 aliphatic heterocycles. The number of hydrogen-bond donors (Lipinski definition) is 1. The zero-order chi connectivity index (χ0) is 24.4. The molecule has 8 heteroatoms. The maximum Gasteiger partial charge on any atom is 0.263 e. The van der Waals surface area contributed by atoms with Crippen LogP contribution < -0.4 is 5.32 Å². The first-order valence-electron chi connectivity index (χ1n) is 11.3. The average molecular weight is 503 g/mol. The number of hydrogen-bond acceptors (Lipinski definition) is 5. The summed E-state index contributed by atoms with van der Waals surface area (Å²) in [7, 11) is 0. The zero-order valence-corrected chi connectivity index (χ0v) is 20.6. The maximum atomic E-state index is 13.5. The molecule has 0 spiro atoms. The Hall–Kier alpha value is -3.42. The van der Waals surface area contributed by atoms with Crippen LogP contribution in [0, 0.1) is 0 Å². The van der Waals surface area contributed by atoms with Crippen molar-refractivity contribution in [2.75, 3.05) is 6.54 Å². The summed E-state index contributed by atoms with van der Waals surface area (Å²) >= 11 is 7.20. The molecular weight excluding hydrogens is 480 g/mol. The fourth-order valence-corrected chi connectivity index (χ4v) is 5.08. The molecular formula is C27H23ClN4O2S. The van der Waals surface area contributed by atoms with E-state index in [4.69, 9.17) is 21.6 Å². The van der Waals surface area contributed by atoms with Crippen molar-refractivity contribution in [1.29, 1.82) is 0 Å². The number of aliphatic imine (C=N–C) groups is 2. The fourth-order valence-electron chi connectivity index (χ4n) is 4.02. The SMILES string of the molecule is C[C@@H](SC1=Nc2ccccc2C2=N[C@@H](c3ccccc3)C(=O)N12)C(=O)NCCc1ccc(Cl)cc1. The topological polar surface area (TPSA) is 74.1 Å². The average Bonchev–Trinajstić information content (AvgIpc) is 3.23. The number of para-hydroxylation sites is 1. The Morgan fingerprint density at radius 3 is 2.54 bits per heavy atom. The van der Waals surface area contributed by atoms with Gasteiger partial charge in [-0.3, -0.25) is 9.59 Å². The zero-order valence-electron chi connectivity index (χ0n) is 19.0. The Labute approximate surface area is 213 Å². The predicted octanol–water partition coefficient (Wildman–Crippen LogP) is 5.15. The van der Waals surface area contributed by atoms with E-state index in [0.717, 1.165) is 22.4 Å². The minimum Gasteiger partial charge on any atom is -0.355 e. The van der Waals surface area contributed by atoms with Gasteiger partial charge in [0.15, 0.2) is 11.2 Å². The van der Waals surface area contributed by atoms with Gasteiger partial charge in [0.2, 0.25) is 5.91 Å². The monoisotopic (exact) mass is 502 g/mol. The number of fused-ring (bicyclic) bond motifs is 3. The number of nitrogens with one attached hydrogen (secondary N) is 1. The fraction of sp³-hybridized carbons (Fsp3) is 0.185. The van der Waals surface area contributed by atoms with Gasteiger partial charge in [-0.15, -0.1) is 0 Å². The molecule has 0 aromatic heterocycles. The molecule has 0 fully saturated rings. The summed E-state index contributed by atoms with van der Waals surface area (Å²) in [5.41, 5.74) is 3.47. The van der Waals surface area contributed by atoms with Crippen LogP contribution in [0.1, 0.15) is 29.7 Å². The van der Waals surface area contributed by atoms with Crippen LogP contribution in [0.4, 0.5) is 5.69 Å². The summed E-state index contributed by atoms with van der Waals surface area (Å²) in [5.74, 6) is 0.296. The van der Waals surface area contributed by atoms with E-state index in [1.807, 2.05) is 85.8 Å². The Morgan fingerprint density at radius 1 is 1.06 bits per heavy atom. The van der Waals surface area contributed by atoms with E-state index in [-0.39, 0.29) is 11.8 Å². The summed E-state index contributed by atoms with van der Waals surface area (Å²) in [6.07, 6.45) is 0.703. The highest BCUT2D eigenvalue weighted by Gasteiger charge is 2.42. The van der Waals surface area contributed by atoms with Gasteiger partial charge < -0.3 is 5.32 Å². The lowest BCUT2D eigenvalue weighted by molar-refractivity contribution is -0.124. The highest BCUT2D eigenvalue weighted by atomic mass is 35.5. The first-order chi connectivity index (χ1) is 17.0. The third kappa shape index (κ3) is 4.88. The van der Waals surface area contributed by atoms with E-state index in [1.54, 1.807) is 4.90 Å². The molecule has 2 aliphatic rings. The highest BCUT2D eigenvalue weighted by molar-refractivity contribution is 8.15. The van der Waals surface area contributed by atoms with Crippen LogP contribution in [0.5, 0.6) is 0 Å². The van der Waals surface area contributed by atoms with Gasteiger partial charge in [0, 0.05) is 17.1 Å². The molecule has 3 aromatic rings. The van der Waals surface area contributed by atoms with Gasteiger partial charge in [0.1, 0.15) is 5.84 Å². The van der Waals surface area contributed by atoms with E-state index in [1.165, 1.54) is 11.8 Å². The summed E-state index contributed by atoms with van der Waals surface area (Å²) in [6, 6.07) is 24.1. The van der Waals surface area contributed by atoms with Crippen LogP contribution in [0.15, 0.2) is 88.8 Å². The van der Waals surface area contributed by atoms with E-state index in [0.29, 0.717) is 29.0 Å². The van der Waals surface area contributed by atoms with Crippen molar-refractivity contribution in [3.8, 4) is 0 Å². The molecule has 2 heterocycles. The van der Waals surface area contributed by atoms with Crippen LogP contribution in [0.2, 0.25) is 5.02 Å². The number of nitrogens with zero attached hydrogens (tertiary/aromatic N) is 3. The maximum absolute atomic E-state index is 13.5. The first-order valence-corrected chi connectivity index (χ1v) is 12.6. The third-order valence-electron chi connectivity index (χ3n) is 5.86.